The Morgan fingerprint density at radius 3 is 1.39 bits per heavy atom. The van der Waals surface area contributed by atoms with Crippen LogP contribution in [0.15, 0.2) is 218 Å². The van der Waals surface area contributed by atoms with E-state index in [1.165, 1.54) is 120 Å². The largest absolute Gasteiger partial charge is 0.113 e. The van der Waals surface area contributed by atoms with E-state index in [0.717, 1.165) is 0 Å². The van der Waals surface area contributed by atoms with Gasteiger partial charge < -0.3 is 0 Å². The molecular formula is C60H42Si. The Balaban J connectivity index is 1.20. The van der Waals surface area contributed by atoms with Crippen molar-refractivity contribution < 1.29 is 0 Å². The number of hydrogen-bond acceptors (Lipinski definition) is 0. The third-order valence-corrected chi connectivity index (χ3v) is 17.0. The summed E-state index contributed by atoms with van der Waals surface area (Å²) in [5.74, 6) is 0. The number of fused-ring (bicyclic) bond motifs is 8. The second-order valence-electron chi connectivity index (χ2n) is 17.2. The number of hydrogen-bond donors (Lipinski definition) is 0. The Kier molecular flexibility index (Phi) is 8.10. The molecule has 0 amide bonds. The SMILES string of the molecule is C[Si]1(C)c2ccccc2-c2cc3c(-c4ccc(-c5ccccc5)cc4)c4ccc(-c5cc6ccccc6c6ccccc56)cc4c(-c4ccc(-c5ccccc5)cc4)c3cc21. The molecule has 0 aromatic heterocycles. The second kappa shape index (κ2) is 13.9. The molecule has 0 N–H and O–H groups in total. The molecule has 1 heterocycles. The summed E-state index contributed by atoms with van der Waals surface area (Å²) < 4.78 is 0. The van der Waals surface area contributed by atoms with Crippen molar-refractivity contribution in [3.05, 3.63) is 218 Å². The van der Waals surface area contributed by atoms with Crippen LogP contribution in [0, 0.1) is 0 Å². The minimum Gasteiger partial charge on any atom is -0.0623 e. The molecule has 0 nitrogen and oxygen atoms in total. The predicted octanol–water partition coefficient (Wildman–Crippen LogP) is 15.4. The van der Waals surface area contributed by atoms with Crippen LogP contribution in [0.1, 0.15) is 0 Å². The number of benzene rings is 11. The fourth-order valence-corrected chi connectivity index (χ4v) is 13.5. The lowest BCUT2D eigenvalue weighted by molar-refractivity contribution is 1.60. The first-order chi connectivity index (χ1) is 30.0. The normalized spacial score (nSPS) is 12.9. The van der Waals surface area contributed by atoms with Crippen LogP contribution in [0.5, 0.6) is 0 Å². The van der Waals surface area contributed by atoms with E-state index in [-0.39, 0.29) is 0 Å². The van der Waals surface area contributed by atoms with Gasteiger partial charge in [0.2, 0.25) is 0 Å². The average molecular weight is 791 g/mol. The first kappa shape index (κ1) is 35.6. The molecule has 1 aliphatic heterocycles. The molecule has 0 spiro atoms. The lowest BCUT2D eigenvalue weighted by Gasteiger charge is -2.23. The summed E-state index contributed by atoms with van der Waals surface area (Å²) in [4.78, 5) is 0. The van der Waals surface area contributed by atoms with Gasteiger partial charge in [0.25, 0.3) is 0 Å². The van der Waals surface area contributed by atoms with Gasteiger partial charge in [-0.1, -0.05) is 213 Å². The topological polar surface area (TPSA) is 0 Å². The van der Waals surface area contributed by atoms with Crippen LogP contribution in [-0.4, -0.2) is 8.07 Å². The monoisotopic (exact) mass is 790 g/mol. The van der Waals surface area contributed by atoms with E-state index in [9.17, 15) is 0 Å². The predicted molar refractivity (Wildman–Crippen MR) is 266 cm³/mol. The van der Waals surface area contributed by atoms with Crippen LogP contribution in [0.2, 0.25) is 13.1 Å². The van der Waals surface area contributed by atoms with E-state index >= 15 is 0 Å². The van der Waals surface area contributed by atoms with Crippen molar-refractivity contribution >= 4 is 61.5 Å². The molecule has 286 valence electrons. The van der Waals surface area contributed by atoms with E-state index in [4.69, 9.17) is 0 Å². The van der Waals surface area contributed by atoms with Crippen LogP contribution in [0.25, 0.3) is 110 Å². The van der Waals surface area contributed by atoms with E-state index in [1.54, 1.807) is 0 Å². The van der Waals surface area contributed by atoms with Gasteiger partial charge in [-0.2, -0.15) is 0 Å². The van der Waals surface area contributed by atoms with Crippen molar-refractivity contribution in [2.24, 2.45) is 0 Å². The lowest BCUT2D eigenvalue weighted by Crippen LogP contribution is -2.49. The molecule has 11 aromatic rings. The van der Waals surface area contributed by atoms with E-state index < -0.39 is 8.07 Å². The summed E-state index contributed by atoms with van der Waals surface area (Å²) in [6.45, 7) is 5.07. The van der Waals surface area contributed by atoms with Gasteiger partial charge in [-0.05, 0) is 138 Å². The fraction of sp³-hybridized carbons (Fsp3) is 0.0333. The van der Waals surface area contributed by atoms with Crippen LogP contribution < -0.4 is 10.4 Å². The van der Waals surface area contributed by atoms with Gasteiger partial charge in [-0.15, -0.1) is 0 Å². The maximum Gasteiger partial charge on any atom is 0.113 e. The molecule has 0 aliphatic carbocycles. The first-order valence-corrected chi connectivity index (χ1v) is 24.4. The minimum absolute atomic E-state index is 1.22. The zero-order chi connectivity index (χ0) is 40.7. The molecule has 0 fully saturated rings. The molecule has 0 bridgehead atoms. The van der Waals surface area contributed by atoms with Gasteiger partial charge in [0.15, 0.2) is 0 Å². The summed E-state index contributed by atoms with van der Waals surface area (Å²) in [6, 6.07) is 81.8. The zero-order valence-electron chi connectivity index (χ0n) is 34.3. The summed E-state index contributed by atoms with van der Waals surface area (Å²) >= 11 is 0. The zero-order valence-corrected chi connectivity index (χ0v) is 35.3. The van der Waals surface area contributed by atoms with Crippen molar-refractivity contribution in [1.29, 1.82) is 0 Å². The number of rotatable bonds is 5. The van der Waals surface area contributed by atoms with E-state index in [0.29, 0.717) is 0 Å². The third-order valence-electron chi connectivity index (χ3n) is 13.5. The molecule has 11 aromatic carbocycles. The van der Waals surface area contributed by atoms with Crippen molar-refractivity contribution in [3.63, 3.8) is 0 Å². The highest BCUT2D eigenvalue weighted by atomic mass is 28.3. The summed E-state index contributed by atoms with van der Waals surface area (Å²) in [6.07, 6.45) is 0. The molecule has 0 saturated carbocycles. The smallest absolute Gasteiger partial charge is 0.0623 e. The Bertz CT molecular complexity index is 3510. The fourth-order valence-electron chi connectivity index (χ4n) is 10.4. The van der Waals surface area contributed by atoms with Gasteiger partial charge in [0.05, 0.1) is 0 Å². The molecule has 61 heavy (non-hydrogen) atoms. The highest BCUT2D eigenvalue weighted by Gasteiger charge is 2.38. The molecule has 0 atom stereocenters. The molecule has 12 rings (SSSR count). The maximum absolute atomic E-state index is 2.61. The van der Waals surface area contributed by atoms with E-state index in [2.05, 4.69) is 231 Å². The van der Waals surface area contributed by atoms with Gasteiger partial charge in [0.1, 0.15) is 8.07 Å². The van der Waals surface area contributed by atoms with E-state index in [1.807, 2.05) is 0 Å². The van der Waals surface area contributed by atoms with Gasteiger partial charge in [0, 0.05) is 0 Å². The summed E-state index contributed by atoms with van der Waals surface area (Å²) in [5, 5.41) is 13.3. The molecule has 0 saturated heterocycles. The van der Waals surface area contributed by atoms with Crippen molar-refractivity contribution in [1.82, 2.24) is 0 Å². The highest BCUT2D eigenvalue weighted by molar-refractivity contribution is 7.04. The Morgan fingerprint density at radius 1 is 0.246 bits per heavy atom. The van der Waals surface area contributed by atoms with Crippen LogP contribution in [0.3, 0.4) is 0 Å². The standard InChI is InChI=1S/C60H42Si/c1-61(2)57-24-14-13-23-50(57)53-37-55-56(38-58(53)61)60(44-31-27-42(28-32-44)40-17-7-4-8-18-40)54-36-46(52-35-45-19-9-10-20-47(45)48-21-11-12-22-49(48)52)33-34-51(54)59(55)43-29-25-41(26-30-43)39-15-5-3-6-16-39/h3-38H,1-2H3. The molecule has 1 heteroatoms. The second-order valence-corrected chi connectivity index (χ2v) is 21.5. The Labute approximate surface area is 358 Å². The quantitative estimate of drug-likeness (QED) is 0.0925. The molecule has 1 aliphatic rings. The van der Waals surface area contributed by atoms with Gasteiger partial charge in [-0.25, -0.2) is 0 Å². The lowest BCUT2D eigenvalue weighted by atomic mass is 9.83. The minimum atomic E-state index is -2.00. The summed E-state index contributed by atoms with van der Waals surface area (Å²) in [5.41, 5.74) is 15.2. The average Bonchev–Trinajstić information content (AvgIpc) is 3.55. The Morgan fingerprint density at radius 2 is 0.721 bits per heavy atom. The maximum atomic E-state index is 2.61. The van der Waals surface area contributed by atoms with Crippen LogP contribution >= 0.6 is 0 Å². The first-order valence-electron chi connectivity index (χ1n) is 21.4. The van der Waals surface area contributed by atoms with Crippen molar-refractivity contribution in [2.75, 3.05) is 0 Å². The molecule has 0 radical (unpaired) electrons. The van der Waals surface area contributed by atoms with Crippen molar-refractivity contribution in [2.45, 2.75) is 13.1 Å². The summed E-state index contributed by atoms with van der Waals surface area (Å²) in [7, 11) is -2.00. The highest BCUT2D eigenvalue weighted by Crippen LogP contribution is 2.48. The molecular weight excluding hydrogens is 749 g/mol. The van der Waals surface area contributed by atoms with Crippen molar-refractivity contribution in [3.8, 4) is 66.8 Å². The van der Waals surface area contributed by atoms with Gasteiger partial charge in [-0.3, -0.25) is 0 Å². The van der Waals surface area contributed by atoms with Gasteiger partial charge >= 0.3 is 0 Å². The molecule has 0 unspecified atom stereocenters. The van der Waals surface area contributed by atoms with Crippen LogP contribution in [0.4, 0.5) is 0 Å². The third kappa shape index (κ3) is 5.65. The Hall–Kier alpha value is -7.32. The van der Waals surface area contributed by atoms with Crippen LogP contribution in [-0.2, 0) is 0 Å².